The van der Waals surface area contributed by atoms with Crippen LogP contribution in [0.4, 0.5) is 0 Å². The van der Waals surface area contributed by atoms with E-state index in [2.05, 4.69) is 9.97 Å². The molecule has 100 valence electrons. The molecule has 1 atom stereocenters. The minimum Gasteiger partial charge on any atom is -0.341 e. The van der Waals surface area contributed by atoms with Crippen LogP contribution in [0.5, 0.6) is 0 Å². The van der Waals surface area contributed by atoms with Crippen LogP contribution >= 0.6 is 0 Å². The van der Waals surface area contributed by atoms with E-state index in [4.69, 9.17) is 5.73 Å². The molecular weight excluding hydrogens is 244 g/mol. The second-order valence-corrected chi connectivity index (χ2v) is 4.89. The molecule has 1 aromatic carbocycles. The Morgan fingerprint density at radius 1 is 1.21 bits per heavy atom. The highest BCUT2D eigenvalue weighted by Gasteiger charge is 2.24. The van der Waals surface area contributed by atoms with E-state index in [0.29, 0.717) is 5.52 Å². The minimum atomic E-state index is -0.666. The van der Waals surface area contributed by atoms with Gasteiger partial charge in [0.1, 0.15) is 6.04 Å². The number of benzene rings is 1. The fraction of sp³-hybridized carbons (Fsp3) is 0.385. The molecule has 1 aliphatic rings. The van der Waals surface area contributed by atoms with Gasteiger partial charge in [0.15, 0.2) is 0 Å². The van der Waals surface area contributed by atoms with Crippen molar-refractivity contribution in [2.24, 2.45) is 5.73 Å². The van der Waals surface area contributed by atoms with Gasteiger partial charge < -0.3 is 20.6 Å². The SMILES string of the molecule is NC(C(=O)N1CCCC1)c1ccc2[nH]c(=O)[nH]c2c1. The quantitative estimate of drug-likeness (QED) is 0.732. The van der Waals surface area contributed by atoms with Crippen molar-refractivity contribution in [2.75, 3.05) is 13.1 Å². The molecule has 2 aromatic rings. The van der Waals surface area contributed by atoms with Crippen LogP contribution in [-0.2, 0) is 4.79 Å². The van der Waals surface area contributed by atoms with Gasteiger partial charge in [0.25, 0.3) is 0 Å². The van der Waals surface area contributed by atoms with Gasteiger partial charge >= 0.3 is 5.69 Å². The summed E-state index contributed by atoms with van der Waals surface area (Å²) >= 11 is 0. The third-order valence-corrected chi connectivity index (χ3v) is 3.58. The normalized spacial score (nSPS) is 17.0. The molecule has 0 spiro atoms. The summed E-state index contributed by atoms with van der Waals surface area (Å²) in [5.41, 5.74) is 7.88. The molecule has 1 aliphatic heterocycles. The minimum absolute atomic E-state index is 0.0465. The van der Waals surface area contributed by atoms with Gasteiger partial charge in [-0.2, -0.15) is 0 Å². The Hall–Kier alpha value is -2.08. The van der Waals surface area contributed by atoms with Gasteiger partial charge in [-0.1, -0.05) is 6.07 Å². The van der Waals surface area contributed by atoms with E-state index >= 15 is 0 Å². The van der Waals surface area contributed by atoms with Crippen LogP contribution in [-0.4, -0.2) is 33.9 Å². The highest BCUT2D eigenvalue weighted by Crippen LogP contribution is 2.19. The van der Waals surface area contributed by atoms with Crippen molar-refractivity contribution in [3.8, 4) is 0 Å². The van der Waals surface area contributed by atoms with Crippen molar-refractivity contribution < 1.29 is 4.79 Å². The molecule has 1 amide bonds. The molecule has 0 saturated carbocycles. The van der Waals surface area contributed by atoms with Gasteiger partial charge in [0.2, 0.25) is 5.91 Å². The second kappa shape index (κ2) is 4.55. The number of carbonyl (C=O) groups is 1. The average Bonchev–Trinajstić information content (AvgIpc) is 3.03. The molecule has 1 saturated heterocycles. The fourth-order valence-electron chi connectivity index (χ4n) is 2.52. The van der Waals surface area contributed by atoms with E-state index in [9.17, 15) is 9.59 Å². The lowest BCUT2D eigenvalue weighted by atomic mass is 10.1. The van der Waals surface area contributed by atoms with Crippen LogP contribution in [0.3, 0.4) is 0 Å². The largest absolute Gasteiger partial charge is 0.341 e. The Balaban J connectivity index is 1.89. The lowest BCUT2D eigenvalue weighted by Gasteiger charge is -2.20. The first-order valence-electron chi connectivity index (χ1n) is 6.41. The molecular formula is C13H16N4O2. The molecule has 4 N–H and O–H groups in total. The third kappa shape index (κ3) is 2.15. The zero-order valence-corrected chi connectivity index (χ0v) is 10.5. The second-order valence-electron chi connectivity index (χ2n) is 4.89. The van der Waals surface area contributed by atoms with Crippen molar-refractivity contribution >= 4 is 16.9 Å². The van der Waals surface area contributed by atoms with Crippen LogP contribution in [0.15, 0.2) is 23.0 Å². The van der Waals surface area contributed by atoms with Gasteiger partial charge in [-0.25, -0.2) is 4.79 Å². The van der Waals surface area contributed by atoms with E-state index in [-0.39, 0.29) is 11.6 Å². The number of hydrogen-bond donors (Lipinski definition) is 3. The topological polar surface area (TPSA) is 95.0 Å². The number of nitrogens with one attached hydrogen (secondary N) is 2. The summed E-state index contributed by atoms with van der Waals surface area (Å²) in [4.78, 5) is 30.5. The zero-order chi connectivity index (χ0) is 13.4. The standard InChI is InChI=1S/C13H16N4O2/c14-11(12(18)17-5-1-2-6-17)8-3-4-9-10(7-8)16-13(19)15-9/h3-4,7,11H,1-2,5-6,14H2,(H2,15,16,19). The van der Waals surface area contributed by atoms with Crippen LogP contribution in [0.2, 0.25) is 0 Å². The Morgan fingerprint density at radius 3 is 2.63 bits per heavy atom. The van der Waals surface area contributed by atoms with Crippen LogP contribution < -0.4 is 11.4 Å². The maximum Gasteiger partial charge on any atom is 0.323 e. The molecule has 3 rings (SSSR count). The number of nitrogens with two attached hydrogens (primary N) is 1. The number of hydrogen-bond acceptors (Lipinski definition) is 3. The van der Waals surface area contributed by atoms with Crippen LogP contribution in [0, 0.1) is 0 Å². The Morgan fingerprint density at radius 2 is 1.89 bits per heavy atom. The van der Waals surface area contributed by atoms with E-state index in [1.165, 1.54) is 0 Å². The summed E-state index contributed by atoms with van der Waals surface area (Å²) in [6.45, 7) is 1.57. The monoisotopic (exact) mass is 260 g/mol. The lowest BCUT2D eigenvalue weighted by molar-refractivity contribution is -0.131. The van der Waals surface area contributed by atoms with E-state index in [1.807, 2.05) is 0 Å². The fourth-order valence-corrected chi connectivity index (χ4v) is 2.52. The molecule has 1 unspecified atom stereocenters. The number of aromatic amines is 2. The molecule has 0 radical (unpaired) electrons. The highest BCUT2D eigenvalue weighted by atomic mass is 16.2. The number of likely N-dealkylation sites (tertiary alicyclic amines) is 1. The third-order valence-electron chi connectivity index (χ3n) is 3.58. The number of amides is 1. The first-order valence-corrected chi connectivity index (χ1v) is 6.41. The molecule has 1 fully saturated rings. The molecule has 0 bridgehead atoms. The maximum atomic E-state index is 12.2. The van der Waals surface area contributed by atoms with Gasteiger partial charge in [0, 0.05) is 13.1 Å². The summed E-state index contributed by atoms with van der Waals surface area (Å²) in [5, 5.41) is 0. The molecule has 0 aliphatic carbocycles. The van der Waals surface area contributed by atoms with Crippen LogP contribution in [0.25, 0.3) is 11.0 Å². The number of fused-ring (bicyclic) bond motifs is 1. The number of imidazole rings is 1. The zero-order valence-electron chi connectivity index (χ0n) is 10.5. The van der Waals surface area contributed by atoms with Crippen molar-refractivity contribution in [1.82, 2.24) is 14.9 Å². The van der Waals surface area contributed by atoms with Gasteiger partial charge in [-0.05, 0) is 30.5 Å². The number of nitrogens with zero attached hydrogens (tertiary/aromatic N) is 1. The highest BCUT2D eigenvalue weighted by molar-refractivity contribution is 5.85. The molecule has 6 nitrogen and oxygen atoms in total. The summed E-state index contributed by atoms with van der Waals surface area (Å²) in [6.07, 6.45) is 2.09. The van der Waals surface area contributed by atoms with Gasteiger partial charge in [-0.3, -0.25) is 4.79 Å². The van der Waals surface area contributed by atoms with Gasteiger partial charge in [0.05, 0.1) is 11.0 Å². The summed E-state index contributed by atoms with van der Waals surface area (Å²) < 4.78 is 0. The number of aromatic nitrogens is 2. The summed E-state index contributed by atoms with van der Waals surface area (Å²) in [5.74, 6) is -0.0465. The summed E-state index contributed by atoms with van der Waals surface area (Å²) in [7, 11) is 0. The number of rotatable bonds is 2. The molecule has 1 aromatic heterocycles. The molecule has 19 heavy (non-hydrogen) atoms. The predicted molar refractivity (Wildman–Crippen MR) is 71.7 cm³/mol. The maximum absolute atomic E-state index is 12.2. The van der Waals surface area contributed by atoms with Crippen molar-refractivity contribution in [3.05, 3.63) is 34.2 Å². The number of carbonyl (C=O) groups excluding carboxylic acids is 1. The van der Waals surface area contributed by atoms with Gasteiger partial charge in [-0.15, -0.1) is 0 Å². The van der Waals surface area contributed by atoms with E-state index < -0.39 is 6.04 Å². The first-order chi connectivity index (χ1) is 9.15. The van der Waals surface area contributed by atoms with Crippen LogP contribution in [0.1, 0.15) is 24.4 Å². The number of H-pyrrole nitrogens is 2. The lowest BCUT2D eigenvalue weighted by Crippen LogP contribution is -2.36. The Bertz CT molecular complexity index is 667. The molecule has 2 heterocycles. The average molecular weight is 260 g/mol. The first kappa shape index (κ1) is 12.0. The Kier molecular flexibility index (Phi) is 2.87. The van der Waals surface area contributed by atoms with Crippen molar-refractivity contribution in [2.45, 2.75) is 18.9 Å². The Labute approximate surface area is 109 Å². The molecule has 6 heteroatoms. The van der Waals surface area contributed by atoms with E-state index in [0.717, 1.165) is 37.0 Å². The van der Waals surface area contributed by atoms with Crippen molar-refractivity contribution in [3.63, 3.8) is 0 Å². The predicted octanol–water partition coefficient (Wildman–Crippen LogP) is 0.478. The van der Waals surface area contributed by atoms with Crippen molar-refractivity contribution in [1.29, 1.82) is 0 Å². The van der Waals surface area contributed by atoms with E-state index in [1.54, 1.807) is 23.1 Å². The smallest absolute Gasteiger partial charge is 0.323 e. The summed E-state index contributed by atoms with van der Waals surface area (Å²) in [6, 6.07) is 4.64.